The Morgan fingerprint density at radius 2 is 1.71 bits per heavy atom. The van der Waals surface area contributed by atoms with Gasteiger partial charge in [-0.3, -0.25) is 0 Å². The van der Waals surface area contributed by atoms with Gasteiger partial charge < -0.3 is 4.57 Å². The lowest BCUT2D eigenvalue weighted by Crippen LogP contribution is -2.17. The van der Waals surface area contributed by atoms with Crippen molar-refractivity contribution in [1.82, 2.24) is 9.55 Å². The highest BCUT2D eigenvalue weighted by molar-refractivity contribution is 5.14. The third-order valence-electron chi connectivity index (χ3n) is 2.00. The lowest BCUT2D eigenvalue weighted by Gasteiger charge is -2.17. The number of imidazole rings is 1. The van der Waals surface area contributed by atoms with Gasteiger partial charge in [0.25, 0.3) is 5.92 Å². The molecule has 0 radical (unpaired) electrons. The lowest BCUT2D eigenvalue weighted by molar-refractivity contribution is 0.0129. The first kappa shape index (κ1) is 11.1. The fourth-order valence-electron chi connectivity index (χ4n) is 1.37. The number of halogens is 2. The monoisotopic (exact) mass is 202 g/mol. The van der Waals surface area contributed by atoms with Crippen molar-refractivity contribution in [2.75, 3.05) is 0 Å². The quantitative estimate of drug-likeness (QED) is 0.684. The smallest absolute Gasteiger partial charge is 0.288 e. The second-order valence-electron chi connectivity index (χ2n) is 4.70. The van der Waals surface area contributed by atoms with Gasteiger partial charge in [-0.25, -0.2) is 4.98 Å². The summed E-state index contributed by atoms with van der Waals surface area (Å²) in [5.74, 6) is -2.18. The molecule has 14 heavy (non-hydrogen) atoms. The summed E-state index contributed by atoms with van der Waals surface area (Å²) in [4.78, 5) is 3.97. The summed E-state index contributed by atoms with van der Waals surface area (Å²) in [6.07, 6.45) is 1.39. The van der Waals surface area contributed by atoms with Crippen LogP contribution in [0.2, 0.25) is 0 Å². The normalized spacial score (nSPS) is 13.4. The fraction of sp³-hybridized carbons (Fsp3) is 0.700. The number of nitrogens with zero attached hydrogens (tertiary/aromatic N) is 2. The maximum absolute atomic E-state index is 13.0. The highest BCUT2D eigenvalue weighted by atomic mass is 19.3. The Kier molecular flexibility index (Phi) is 2.42. The van der Waals surface area contributed by atoms with Gasteiger partial charge in [0.2, 0.25) is 0 Å². The summed E-state index contributed by atoms with van der Waals surface area (Å²) in [6, 6.07) is 0. The molecule has 0 spiro atoms. The number of aryl methyl sites for hydroxylation is 1. The van der Waals surface area contributed by atoms with Crippen LogP contribution in [0.4, 0.5) is 8.78 Å². The minimum Gasteiger partial charge on any atom is -0.337 e. The molecule has 1 aromatic heterocycles. The average molecular weight is 202 g/mol. The van der Waals surface area contributed by atoms with Crippen LogP contribution < -0.4 is 0 Å². The van der Waals surface area contributed by atoms with E-state index in [9.17, 15) is 8.78 Å². The molecule has 0 aromatic carbocycles. The predicted molar refractivity (Wildman–Crippen MR) is 51.5 cm³/mol. The van der Waals surface area contributed by atoms with Gasteiger partial charge in [-0.15, -0.1) is 0 Å². The summed E-state index contributed by atoms with van der Waals surface area (Å²) in [5, 5.41) is 0. The van der Waals surface area contributed by atoms with Gasteiger partial charge in [0.15, 0.2) is 0 Å². The van der Waals surface area contributed by atoms with Crippen molar-refractivity contribution in [2.45, 2.75) is 39.0 Å². The molecule has 0 N–H and O–H groups in total. The van der Waals surface area contributed by atoms with Gasteiger partial charge in [0, 0.05) is 25.6 Å². The number of hydrogen-bond acceptors (Lipinski definition) is 1. The van der Waals surface area contributed by atoms with E-state index in [2.05, 4.69) is 4.98 Å². The second kappa shape index (κ2) is 3.04. The molecule has 1 aromatic rings. The van der Waals surface area contributed by atoms with E-state index >= 15 is 0 Å². The van der Waals surface area contributed by atoms with E-state index in [4.69, 9.17) is 0 Å². The molecule has 0 amide bonds. The van der Waals surface area contributed by atoms with Crippen LogP contribution in [0.1, 0.15) is 39.2 Å². The van der Waals surface area contributed by atoms with Crippen molar-refractivity contribution in [1.29, 1.82) is 0 Å². The summed E-state index contributed by atoms with van der Waals surface area (Å²) < 4.78 is 27.6. The highest BCUT2D eigenvalue weighted by Gasteiger charge is 2.30. The van der Waals surface area contributed by atoms with Crippen molar-refractivity contribution >= 4 is 0 Å². The van der Waals surface area contributed by atoms with E-state index < -0.39 is 5.92 Å². The third kappa shape index (κ3) is 2.11. The Balaban J connectivity index is 3.19. The van der Waals surface area contributed by atoms with Crippen molar-refractivity contribution in [3.8, 4) is 0 Å². The number of aromatic nitrogens is 2. The van der Waals surface area contributed by atoms with Crippen molar-refractivity contribution in [3.63, 3.8) is 0 Å². The van der Waals surface area contributed by atoms with E-state index in [1.807, 2.05) is 20.8 Å². The third-order valence-corrected chi connectivity index (χ3v) is 2.00. The van der Waals surface area contributed by atoms with Crippen LogP contribution in [0.5, 0.6) is 0 Å². The predicted octanol–water partition coefficient (Wildman–Crippen LogP) is 2.83. The van der Waals surface area contributed by atoms with Crippen molar-refractivity contribution in [2.24, 2.45) is 7.05 Å². The SMILES string of the molecule is Cn1cc(C(C)(F)F)nc1C(C)(C)C. The molecule has 4 heteroatoms. The molecular weight excluding hydrogens is 186 g/mol. The molecule has 80 valence electrons. The zero-order valence-corrected chi connectivity index (χ0v) is 9.23. The molecule has 1 heterocycles. The Morgan fingerprint density at radius 1 is 1.21 bits per heavy atom. The Labute approximate surface area is 83.0 Å². The Hall–Kier alpha value is -0.930. The molecular formula is C10H16F2N2. The van der Waals surface area contributed by atoms with Gasteiger partial charge in [-0.2, -0.15) is 8.78 Å². The van der Waals surface area contributed by atoms with Crippen LogP contribution in [0.3, 0.4) is 0 Å². The zero-order chi connectivity index (χ0) is 11.1. The van der Waals surface area contributed by atoms with Gasteiger partial charge in [0.05, 0.1) is 0 Å². The fourth-order valence-corrected chi connectivity index (χ4v) is 1.37. The van der Waals surface area contributed by atoms with Crippen LogP contribution in [0.25, 0.3) is 0 Å². The number of rotatable bonds is 1. The summed E-state index contributed by atoms with van der Waals surface area (Å²) in [6.45, 7) is 6.72. The van der Waals surface area contributed by atoms with Gasteiger partial charge >= 0.3 is 0 Å². The molecule has 0 saturated carbocycles. The maximum atomic E-state index is 13.0. The molecule has 1 rings (SSSR count). The number of alkyl halides is 2. The standard InChI is InChI=1S/C10H16F2N2/c1-9(2,3)8-13-7(6-14(8)5)10(4,11)12/h6H,1-5H3. The molecule has 0 aliphatic heterocycles. The van der Waals surface area contributed by atoms with Crippen molar-refractivity contribution in [3.05, 3.63) is 17.7 Å². The minimum atomic E-state index is -2.86. The molecule has 0 atom stereocenters. The van der Waals surface area contributed by atoms with Gasteiger partial charge in [0.1, 0.15) is 11.5 Å². The van der Waals surface area contributed by atoms with E-state index in [1.165, 1.54) is 6.20 Å². The molecule has 0 aliphatic carbocycles. The number of hydrogen-bond donors (Lipinski definition) is 0. The van der Waals surface area contributed by atoms with Gasteiger partial charge in [-0.1, -0.05) is 20.8 Å². The molecule has 0 aliphatic rings. The van der Waals surface area contributed by atoms with E-state index in [0.717, 1.165) is 6.92 Å². The topological polar surface area (TPSA) is 17.8 Å². The average Bonchev–Trinajstić information content (AvgIpc) is 2.27. The summed E-state index contributed by atoms with van der Waals surface area (Å²) >= 11 is 0. The van der Waals surface area contributed by atoms with Crippen LogP contribution in [-0.2, 0) is 18.4 Å². The minimum absolute atomic E-state index is 0.162. The largest absolute Gasteiger partial charge is 0.337 e. The Morgan fingerprint density at radius 3 is 1.93 bits per heavy atom. The molecule has 0 fully saturated rings. The molecule has 2 nitrogen and oxygen atoms in total. The van der Waals surface area contributed by atoms with E-state index in [-0.39, 0.29) is 11.1 Å². The Bertz CT molecular complexity index is 329. The molecule has 0 unspecified atom stereocenters. The van der Waals surface area contributed by atoms with Crippen LogP contribution in [0.15, 0.2) is 6.20 Å². The first-order valence-electron chi connectivity index (χ1n) is 4.54. The lowest BCUT2D eigenvalue weighted by atomic mass is 9.96. The molecule has 0 bridgehead atoms. The first-order valence-corrected chi connectivity index (χ1v) is 4.54. The van der Waals surface area contributed by atoms with Gasteiger partial charge in [-0.05, 0) is 0 Å². The second-order valence-corrected chi connectivity index (χ2v) is 4.70. The van der Waals surface area contributed by atoms with Crippen LogP contribution in [-0.4, -0.2) is 9.55 Å². The maximum Gasteiger partial charge on any atom is 0.288 e. The van der Waals surface area contributed by atoms with Crippen molar-refractivity contribution < 1.29 is 8.78 Å². The van der Waals surface area contributed by atoms with E-state index in [1.54, 1.807) is 11.6 Å². The summed E-state index contributed by atoms with van der Waals surface area (Å²) in [5.41, 5.74) is -0.372. The van der Waals surface area contributed by atoms with Crippen LogP contribution >= 0.6 is 0 Å². The van der Waals surface area contributed by atoms with E-state index in [0.29, 0.717) is 5.82 Å². The summed E-state index contributed by atoms with van der Waals surface area (Å²) in [7, 11) is 1.74. The zero-order valence-electron chi connectivity index (χ0n) is 9.23. The highest BCUT2D eigenvalue weighted by Crippen LogP contribution is 2.29. The van der Waals surface area contributed by atoms with Crippen LogP contribution in [0, 0.1) is 0 Å². The first-order chi connectivity index (χ1) is 6.12. The molecule has 0 saturated heterocycles.